The van der Waals surface area contributed by atoms with Crippen LogP contribution in [0.5, 0.6) is 5.75 Å². The molecule has 1 atom stereocenters. The zero-order valence-electron chi connectivity index (χ0n) is 11.8. The minimum atomic E-state index is -0.0951. The van der Waals surface area contributed by atoms with Crippen LogP contribution in [-0.4, -0.2) is 35.0 Å². The summed E-state index contributed by atoms with van der Waals surface area (Å²) < 4.78 is 6.20. The molecule has 1 aliphatic heterocycles. The Morgan fingerprint density at radius 2 is 2.19 bits per heavy atom. The average molecular weight is 321 g/mol. The topological polar surface area (TPSA) is 55.3 Å². The van der Waals surface area contributed by atoms with E-state index in [2.05, 4.69) is 10.2 Å². The maximum absolute atomic E-state index is 12.6. The van der Waals surface area contributed by atoms with Gasteiger partial charge in [-0.05, 0) is 25.5 Å². The number of para-hydroxylation sites is 2. The monoisotopic (exact) mass is 321 g/mol. The van der Waals surface area contributed by atoms with Gasteiger partial charge in [0, 0.05) is 6.54 Å². The van der Waals surface area contributed by atoms with E-state index in [-0.39, 0.29) is 11.2 Å². The average Bonchev–Trinajstić information content (AvgIpc) is 3.06. The Kier molecular flexibility index (Phi) is 4.12. The van der Waals surface area contributed by atoms with Crippen molar-refractivity contribution in [1.29, 1.82) is 0 Å². The van der Waals surface area contributed by atoms with Crippen LogP contribution in [0.25, 0.3) is 0 Å². The molecule has 2 aromatic rings. The number of carbonyl (C=O) groups excluding carboxylic acids is 1. The summed E-state index contributed by atoms with van der Waals surface area (Å²) in [7, 11) is 1.62. The van der Waals surface area contributed by atoms with Gasteiger partial charge in [-0.2, -0.15) is 0 Å². The Bertz CT molecular complexity index is 659. The number of nitrogens with zero attached hydrogens (tertiary/aromatic N) is 3. The van der Waals surface area contributed by atoms with Gasteiger partial charge in [-0.25, -0.2) is 0 Å². The summed E-state index contributed by atoms with van der Waals surface area (Å²) >= 11 is 3.03. The lowest BCUT2D eigenvalue weighted by molar-refractivity contribution is -0.116. The molecular weight excluding hydrogens is 306 g/mol. The molecule has 0 N–H and O–H groups in total. The van der Waals surface area contributed by atoms with Gasteiger partial charge in [0.2, 0.25) is 5.91 Å². The number of rotatable bonds is 4. The molecule has 0 unspecified atom stereocenters. The molecule has 5 nitrogen and oxygen atoms in total. The molecule has 1 aromatic heterocycles. The van der Waals surface area contributed by atoms with Crippen LogP contribution in [-0.2, 0) is 4.79 Å². The summed E-state index contributed by atoms with van der Waals surface area (Å²) in [5.74, 6) is 0.834. The van der Waals surface area contributed by atoms with E-state index >= 15 is 0 Å². The van der Waals surface area contributed by atoms with Crippen LogP contribution in [0.4, 0.5) is 5.69 Å². The van der Waals surface area contributed by atoms with Gasteiger partial charge in [-0.15, -0.1) is 10.2 Å². The van der Waals surface area contributed by atoms with Crippen molar-refractivity contribution in [3.05, 3.63) is 29.3 Å². The van der Waals surface area contributed by atoms with Gasteiger partial charge in [0.1, 0.15) is 10.8 Å². The van der Waals surface area contributed by atoms with Gasteiger partial charge >= 0.3 is 0 Å². The molecule has 7 heteroatoms. The summed E-state index contributed by atoms with van der Waals surface area (Å²) in [5.41, 5.74) is 0.835. The van der Waals surface area contributed by atoms with E-state index in [4.69, 9.17) is 4.74 Å². The van der Waals surface area contributed by atoms with E-state index in [0.29, 0.717) is 6.54 Å². The van der Waals surface area contributed by atoms with Crippen molar-refractivity contribution < 1.29 is 9.53 Å². The van der Waals surface area contributed by atoms with Gasteiger partial charge < -0.3 is 9.64 Å². The number of hydrogen-bond acceptors (Lipinski definition) is 6. The number of aryl methyl sites for hydroxylation is 1. The van der Waals surface area contributed by atoms with Gasteiger partial charge in [0.25, 0.3) is 0 Å². The second-order valence-electron chi connectivity index (χ2n) is 4.64. The molecule has 3 rings (SSSR count). The zero-order chi connectivity index (χ0) is 14.8. The van der Waals surface area contributed by atoms with Crippen LogP contribution in [0.2, 0.25) is 0 Å². The number of anilines is 1. The van der Waals surface area contributed by atoms with E-state index in [9.17, 15) is 4.79 Å². The van der Waals surface area contributed by atoms with Crippen molar-refractivity contribution >= 4 is 34.7 Å². The van der Waals surface area contributed by atoms with Gasteiger partial charge in [-0.3, -0.25) is 4.79 Å². The number of aromatic nitrogens is 2. The number of ether oxygens (including phenoxy) is 1. The fraction of sp³-hybridized carbons (Fsp3) is 0.357. The van der Waals surface area contributed by atoms with Crippen molar-refractivity contribution in [3.8, 4) is 5.75 Å². The Balaban J connectivity index is 1.77. The lowest BCUT2D eigenvalue weighted by Gasteiger charge is -2.19. The lowest BCUT2D eigenvalue weighted by atomic mass is 10.2. The molecule has 110 valence electrons. The van der Waals surface area contributed by atoms with E-state index in [1.165, 1.54) is 23.1 Å². The molecule has 0 radical (unpaired) electrons. The minimum absolute atomic E-state index is 0.0951. The first kappa shape index (κ1) is 14.3. The van der Waals surface area contributed by atoms with E-state index in [1.807, 2.05) is 31.2 Å². The van der Waals surface area contributed by atoms with E-state index in [0.717, 1.165) is 27.2 Å². The normalized spacial score (nSPS) is 18.3. The van der Waals surface area contributed by atoms with E-state index in [1.54, 1.807) is 12.0 Å². The Morgan fingerprint density at radius 3 is 2.90 bits per heavy atom. The first-order valence-electron chi connectivity index (χ1n) is 6.60. The van der Waals surface area contributed by atoms with Crippen LogP contribution < -0.4 is 9.64 Å². The van der Waals surface area contributed by atoms with Crippen LogP contribution in [0, 0.1) is 6.92 Å². The molecular formula is C14H15N3O2S2. The third-order valence-electron chi connectivity index (χ3n) is 3.28. The Morgan fingerprint density at radius 1 is 1.38 bits per heavy atom. The van der Waals surface area contributed by atoms with E-state index < -0.39 is 0 Å². The molecule has 1 aromatic carbocycles. The predicted octanol–water partition coefficient (Wildman–Crippen LogP) is 2.75. The molecule has 1 aliphatic rings. The van der Waals surface area contributed by atoms with Crippen molar-refractivity contribution in [2.45, 2.75) is 22.9 Å². The maximum atomic E-state index is 12.6. The number of carbonyl (C=O) groups is 1. The molecule has 0 bridgehead atoms. The fourth-order valence-electron chi connectivity index (χ4n) is 2.30. The number of thioether (sulfide) groups is 1. The summed E-state index contributed by atoms with van der Waals surface area (Å²) in [6.07, 6.45) is 0.806. The van der Waals surface area contributed by atoms with Crippen molar-refractivity contribution in [1.82, 2.24) is 10.2 Å². The molecule has 1 fully saturated rings. The summed E-state index contributed by atoms with van der Waals surface area (Å²) in [5, 5.41) is 8.90. The largest absolute Gasteiger partial charge is 0.495 e. The molecule has 2 heterocycles. The summed E-state index contributed by atoms with van der Waals surface area (Å²) in [6.45, 7) is 2.62. The highest BCUT2D eigenvalue weighted by molar-refractivity contribution is 8.02. The highest BCUT2D eigenvalue weighted by Crippen LogP contribution is 2.37. The summed E-state index contributed by atoms with van der Waals surface area (Å²) in [4.78, 5) is 14.4. The molecule has 0 aliphatic carbocycles. The third-order valence-corrected chi connectivity index (χ3v) is 5.46. The molecule has 0 spiro atoms. The van der Waals surface area contributed by atoms with Crippen LogP contribution in [0.15, 0.2) is 28.6 Å². The Labute approximate surface area is 131 Å². The van der Waals surface area contributed by atoms with Crippen molar-refractivity contribution in [3.63, 3.8) is 0 Å². The second kappa shape index (κ2) is 6.03. The van der Waals surface area contributed by atoms with Gasteiger partial charge in [0.15, 0.2) is 4.34 Å². The molecule has 21 heavy (non-hydrogen) atoms. The third kappa shape index (κ3) is 2.89. The first-order valence-corrected chi connectivity index (χ1v) is 8.30. The standard InChI is InChI=1S/C14H15N3O2S2/c1-9-15-16-14(20-9)21-12-7-8-17(13(12)18)10-5-3-4-6-11(10)19-2/h3-6,12H,7-8H2,1-2H3/t12-/m1/s1. The summed E-state index contributed by atoms with van der Waals surface area (Å²) in [6, 6.07) is 7.61. The van der Waals surface area contributed by atoms with Crippen LogP contribution >= 0.6 is 23.1 Å². The number of amides is 1. The number of hydrogen-bond donors (Lipinski definition) is 0. The lowest BCUT2D eigenvalue weighted by Crippen LogP contribution is -2.28. The fourth-order valence-corrected chi connectivity index (χ4v) is 4.40. The van der Waals surface area contributed by atoms with Crippen molar-refractivity contribution in [2.24, 2.45) is 0 Å². The SMILES string of the molecule is COc1ccccc1N1CC[C@@H](Sc2nnc(C)s2)C1=O. The van der Waals surface area contributed by atoms with Crippen LogP contribution in [0.3, 0.4) is 0 Å². The van der Waals surface area contributed by atoms with Gasteiger partial charge in [-0.1, -0.05) is 35.2 Å². The number of benzene rings is 1. The molecule has 1 amide bonds. The minimum Gasteiger partial charge on any atom is -0.495 e. The number of methoxy groups -OCH3 is 1. The molecule has 0 saturated carbocycles. The smallest absolute Gasteiger partial charge is 0.240 e. The first-order chi connectivity index (χ1) is 10.2. The van der Waals surface area contributed by atoms with Crippen molar-refractivity contribution in [2.75, 3.05) is 18.6 Å². The zero-order valence-corrected chi connectivity index (χ0v) is 13.4. The highest BCUT2D eigenvalue weighted by atomic mass is 32.2. The maximum Gasteiger partial charge on any atom is 0.240 e. The molecule has 1 saturated heterocycles. The predicted molar refractivity (Wildman–Crippen MR) is 84.3 cm³/mol. The Hall–Kier alpha value is -1.60. The highest BCUT2D eigenvalue weighted by Gasteiger charge is 2.35. The quantitative estimate of drug-likeness (QED) is 0.866. The van der Waals surface area contributed by atoms with Crippen LogP contribution in [0.1, 0.15) is 11.4 Å². The van der Waals surface area contributed by atoms with Gasteiger partial charge in [0.05, 0.1) is 18.0 Å². The second-order valence-corrected chi connectivity index (χ2v) is 7.28.